The lowest BCUT2D eigenvalue weighted by Gasteiger charge is -2.37. The van der Waals surface area contributed by atoms with Gasteiger partial charge in [-0.15, -0.1) is 0 Å². The summed E-state index contributed by atoms with van der Waals surface area (Å²) in [6.45, 7) is 0. The van der Waals surface area contributed by atoms with Gasteiger partial charge in [0.15, 0.2) is 0 Å². The van der Waals surface area contributed by atoms with Crippen molar-refractivity contribution in [2.24, 2.45) is 5.92 Å². The highest BCUT2D eigenvalue weighted by atomic mass is 35.5. The third kappa shape index (κ3) is 2.36. The molecule has 0 fully saturated rings. The summed E-state index contributed by atoms with van der Waals surface area (Å²) in [7, 11) is 0. The van der Waals surface area contributed by atoms with E-state index in [2.05, 4.69) is 17.5 Å². The number of nitrogens with one attached hydrogen (secondary N) is 1. The minimum atomic E-state index is -0.470. The van der Waals surface area contributed by atoms with Crippen LogP contribution >= 0.6 is 11.6 Å². The summed E-state index contributed by atoms with van der Waals surface area (Å²) in [6.07, 6.45) is 5.03. The van der Waals surface area contributed by atoms with Crippen LogP contribution < -0.4 is 5.32 Å². The summed E-state index contributed by atoms with van der Waals surface area (Å²) in [5.41, 5.74) is 2.53. The van der Waals surface area contributed by atoms with Crippen molar-refractivity contribution in [2.45, 2.75) is 18.4 Å². The zero-order valence-corrected chi connectivity index (χ0v) is 13.3. The summed E-state index contributed by atoms with van der Waals surface area (Å²) in [6, 6.07) is 9.54. The minimum Gasteiger partial charge on any atom is -0.378 e. The van der Waals surface area contributed by atoms with Crippen molar-refractivity contribution >= 4 is 23.0 Å². The normalized spacial score (nSPS) is 24.2. The molecule has 24 heavy (non-hydrogen) atoms. The molecule has 1 heterocycles. The summed E-state index contributed by atoms with van der Waals surface area (Å²) >= 11 is 5.92. The molecule has 6 heteroatoms. The van der Waals surface area contributed by atoms with Gasteiger partial charge in [-0.25, -0.2) is 4.39 Å². The van der Waals surface area contributed by atoms with Gasteiger partial charge in [0.05, 0.1) is 11.0 Å². The van der Waals surface area contributed by atoms with E-state index in [4.69, 9.17) is 11.6 Å². The van der Waals surface area contributed by atoms with Crippen molar-refractivity contribution in [3.8, 4) is 0 Å². The molecule has 2 aromatic carbocycles. The largest absolute Gasteiger partial charge is 0.378 e. The Hall–Kier alpha value is -2.40. The summed E-state index contributed by atoms with van der Waals surface area (Å²) in [5, 5.41) is 14.7. The van der Waals surface area contributed by atoms with Gasteiger partial charge in [0.25, 0.3) is 5.69 Å². The molecule has 1 N–H and O–H groups in total. The van der Waals surface area contributed by atoms with Gasteiger partial charge >= 0.3 is 0 Å². The zero-order chi connectivity index (χ0) is 16.8. The Kier molecular flexibility index (Phi) is 3.53. The molecule has 3 atom stereocenters. The second-order valence-electron chi connectivity index (χ2n) is 6.18. The Balaban J connectivity index is 1.79. The van der Waals surface area contributed by atoms with Crippen LogP contribution in [0.5, 0.6) is 0 Å². The molecule has 0 bridgehead atoms. The average molecular weight is 345 g/mol. The summed E-state index contributed by atoms with van der Waals surface area (Å²) in [5.74, 6) is 0.0481. The second kappa shape index (κ2) is 5.60. The maximum Gasteiger partial charge on any atom is 0.288 e. The van der Waals surface area contributed by atoms with E-state index in [0.717, 1.165) is 23.2 Å². The standard InChI is InChI=1S/C18H14ClFN2O2/c19-15-6-4-10(8-17(15)22(23)24)18-13-3-1-2-12(13)14-9-11(20)5-7-16(14)21-18/h1-2,4-9,12-13,18,21H,3H2. The number of nitrogens with zero attached hydrogens (tertiary/aromatic N) is 1. The molecule has 0 amide bonds. The number of hydrogen-bond acceptors (Lipinski definition) is 3. The Morgan fingerprint density at radius 3 is 2.88 bits per heavy atom. The Labute approximate surface area is 143 Å². The van der Waals surface area contributed by atoms with Crippen LogP contribution in [-0.2, 0) is 0 Å². The van der Waals surface area contributed by atoms with E-state index in [1.165, 1.54) is 12.1 Å². The number of fused-ring (bicyclic) bond motifs is 3. The van der Waals surface area contributed by atoms with E-state index in [-0.39, 0.29) is 34.4 Å². The predicted octanol–water partition coefficient (Wildman–Crippen LogP) is 5.21. The average Bonchev–Trinajstić information content (AvgIpc) is 3.04. The molecule has 0 saturated carbocycles. The first-order valence-corrected chi connectivity index (χ1v) is 8.09. The van der Waals surface area contributed by atoms with Gasteiger partial charge in [-0.05, 0) is 47.7 Å². The lowest BCUT2D eigenvalue weighted by Crippen LogP contribution is -2.29. The van der Waals surface area contributed by atoms with E-state index in [9.17, 15) is 14.5 Å². The van der Waals surface area contributed by atoms with Gasteiger partial charge in [0.2, 0.25) is 0 Å². The molecule has 1 aliphatic heterocycles. The first kappa shape index (κ1) is 15.1. The van der Waals surface area contributed by atoms with E-state index >= 15 is 0 Å². The van der Waals surface area contributed by atoms with Crippen LogP contribution in [0.4, 0.5) is 15.8 Å². The lowest BCUT2D eigenvalue weighted by molar-refractivity contribution is -0.384. The van der Waals surface area contributed by atoms with Crippen molar-refractivity contribution in [3.05, 3.63) is 80.6 Å². The fraction of sp³-hybridized carbons (Fsp3) is 0.222. The molecule has 0 radical (unpaired) electrons. The monoisotopic (exact) mass is 344 g/mol. The van der Waals surface area contributed by atoms with Gasteiger partial charge in [-0.2, -0.15) is 0 Å². The van der Waals surface area contributed by atoms with Gasteiger partial charge in [0, 0.05) is 17.7 Å². The van der Waals surface area contributed by atoms with Crippen LogP contribution in [0, 0.1) is 21.8 Å². The quantitative estimate of drug-likeness (QED) is 0.462. The lowest BCUT2D eigenvalue weighted by atomic mass is 9.77. The fourth-order valence-electron chi connectivity index (χ4n) is 3.76. The van der Waals surface area contributed by atoms with Crippen molar-refractivity contribution in [1.82, 2.24) is 0 Å². The number of benzene rings is 2. The Morgan fingerprint density at radius 1 is 1.25 bits per heavy atom. The number of halogens is 2. The second-order valence-corrected chi connectivity index (χ2v) is 6.58. The van der Waals surface area contributed by atoms with Crippen molar-refractivity contribution < 1.29 is 9.31 Å². The van der Waals surface area contributed by atoms with E-state index in [1.807, 2.05) is 6.07 Å². The predicted molar refractivity (Wildman–Crippen MR) is 90.9 cm³/mol. The van der Waals surface area contributed by atoms with Crippen LogP contribution in [0.2, 0.25) is 5.02 Å². The highest BCUT2D eigenvalue weighted by Gasteiger charge is 2.38. The zero-order valence-electron chi connectivity index (χ0n) is 12.6. The number of allylic oxidation sites excluding steroid dienone is 2. The molecule has 2 aliphatic rings. The number of rotatable bonds is 2. The van der Waals surface area contributed by atoms with Crippen LogP contribution in [0.3, 0.4) is 0 Å². The SMILES string of the molecule is O=[N+]([O-])c1cc(C2Nc3ccc(F)cc3C3C=CCC32)ccc1Cl. The highest BCUT2D eigenvalue weighted by Crippen LogP contribution is 2.50. The van der Waals surface area contributed by atoms with Crippen LogP contribution in [-0.4, -0.2) is 4.92 Å². The number of nitro benzene ring substituents is 1. The van der Waals surface area contributed by atoms with E-state index < -0.39 is 4.92 Å². The Bertz CT molecular complexity index is 868. The van der Waals surface area contributed by atoms with Gasteiger partial charge < -0.3 is 5.32 Å². The minimum absolute atomic E-state index is 0.0843. The fourth-order valence-corrected chi connectivity index (χ4v) is 3.94. The molecule has 0 saturated heterocycles. The molecule has 122 valence electrons. The number of anilines is 1. The molecule has 4 nitrogen and oxygen atoms in total. The van der Waals surface area contributed by atoms with E-state index in [1.54, 1.807) is 18.2 Å². The van der Waals surface area contributed by atoms with Crippen molar-refractivity contribution in [1.29, 1.82) is 0 Å². The molecule has 4 rings (SSSR count). The maximum absolute atomic E-state index is 13.6. The third-order valence-corrected chi connectivity index (χ3v) is 5.17. The smallest absolute Gasteiger partial charge is 0.288 e. The van der Waals surface area contributed by atoms with Crippen LogP contribution in [0.15, 0.2) is 48.6 Å². The number of hydrogen-bond donors (Lipinski definition) is 1. The third-order valence-electron chi connectivity index (χ3n) is 4.85. The van der Waals surface area contributed by atoms with Crippen molar-refractivity contribution in [3.63, 3.8) is 0 Å². The Morgan fingerprint density at radius 2 is 2.08 bits per heavy atom. The highest BCUT2D eigenvalue weighted by molar-refractivity contribution is 6.32. The van der Waals surface area contributed by atoms with Gasteiger partial charge in [-0.3, -0.25) is 10.1 Å². The molecular weight excluding hydrogens is 331 g/mol. The molecule has 0 aromatic heterocycles. The molecule has 1 aliphatic carbocycles. The maximum atomic E-state index is 13.6. The van der Waals surface area contributed by atoms with Gasteiger partial charge in [0.1, 0.15) is 10.8 Å². The summed E-state index contributed by atoms with van der Waals surface area (Å²) < 4.78 is 13.6. The van der Waals surface area contributed by atoms with E-state index in [0.29, 0.717) is 0 Å². The van der Waals surface area contributed by atoms with Gasteiger partial charge in [-0.1, -0.05) is 29.8 Å². The first-order valence-electron chi connectivity index (χ1n) is 7.71. The topological polar surface area (TPSA) is 55.2 Å². The molecule has 2 aromatic rings. The molecular formula is C18H14ClFN2O2. The summed E-state index contributed by atoms with van der Waals surface area (Å²) in [4.78, 5) is 10.7. The first-order chi connectivity index (χ1) is 11.5. The molecule has 3 unspecified atom stereocenters. The van der Waals surface area contributed by atoms with Crippen molar-refractivity contribution in [2.75, 3.05) is 5.32 Å². The number of nitro groups is 1. The molecule has 0 spiro atoms. The van der Waals surface area contributed by atoms with Crippen LogP contribution in [0.1, 0.15) is 29.5 Å². The van der Waals surface area contributed by atoms with Crippen LogP contribution in [0.25, 0.3) is 0 Å².